The van der Waals surface area contributed by atoms with Gasteiger partial charge in [0, 0.05) is 6.54 Å². The van der Waals surface area contributed by atoms with E-state index in [9.17, 15) is 33.6 Å². The molecule has 0 radical (unpaired) electrons. The first-order valence-corrected chi connectivity index (χ1v) is 14.1. The first-order valence-electron chi connectivity index (χ1n) is 14.1. The second-order valence-corrected chi connectivity index (χ2v) is 10.6. The highest BCUT2D eigenvalue weighted by Crippen LogP contribution is 2.19. The summed E-state index contributed by atoms with van der Waals surface area (Å²) in [7, 11) is 0. The lowest BCUT2D eigenvalue weighted by molar-refractivity contribution is -0.142. The molecule has 6 amide bonds. The van der Waals surface area contributed by atoms with Gasteiger partial charge in [0.25, 0.3) is 0 Å². The lowest BCUT2D eigenvalue weighted by Crippen LogP contribution is -2.58. The van der Waals surface area contributed by atoms with Crippen molar-refractivity contribution >= 4 is 41.4 Å². The second kappa shape index (κ2) is 17.2. The van der Waals surface area contributed by atoms with Crippen LogP contribution in [0.25, 0.3) is 0 Å². The first-order chi connectivity index (χ1) is 19.6. The van der Waals surface area contributed by atoms with Crippen molar-refractivity contribution in [1.82, 2.24) is 31.5 Å². The molecule has 16 heteroatoms. The van der Waals surface area contributed by atoms with Crippen molar-refractivity contribution in [3.8, 4) is 0 Å². The molecule has 0 spiro atoms. The molecule has 0 aromatic rings. The van der Waals surface area contributed by atoms with E-state index in [4.69, 9.17) is 16.6 Å². The zero-order valence-electron chi connectivity index (χ0n) is 24.9. The molecule has 16 nitrogen and oxygen atoms in total. The van der Waals surface area contributed by atoms with Crippen molar-refractivity contribution in [3.63, 3.8) is 0 Å². The zero-order valence-corrected chi connectivity index (χ0v) is 24.9. The molecule has 1 saturated heterocycles. The van der Waals surface area contributed by atoms with Crippen LogP contribution in [0.5, 0.6) is 0 Å². The van der Waals surface area contributed by atoms with E-state index in [1.54, 1.807) is 0 Å². The molecule has 1 fully saturated rings. The average Bonchev–Trinajstić information content (AvgIpc) is 3.41. The Morgan fingerprint density at radius 1 is 0.762 bits per heavy atom. The molecular weight excluding hydrogens is 552 g/mol. The van der Waals surface area contributed by atoms with Crippen LogP contribution in [0.1, 0.15) is 66.7 Å². The third-order valence-corrected chi connectivity index (χ3v) is 6.79. The van der Waals surface area contributed by atoms with Crippen LogP contribution in [-0.2, 0) is 33.6 Å². The van der Waals surface area contributed by atoms with Gasteiger partial charge < -0.3 is 48.1 Å². The molecule has 10 N–H and O–H groups in total. The Hall–Kier alpha value is -3.79. The quantitative estimate of drug-likeness (QED) is 0.0838. The number of amides is 6. The van der Waals surface area contributed by atoms with E-state index < -0.39 is 83.7 Å². The summed E-state index contributed by atoms with van der Waals surface area (Å²) in [5, 5.41) is 21.5. The van der Waals surface area contributed by atoms with Crippen LogP contribution < -0.4 is 38.1 Å². The van der Waals surface area contributed by atoms with Crippen LogP contribution in [0.4, 0.5) is 0 Å². The number of carboxylic acids is 1. The fourth-order valence-corrected chi connectivity index (χ4v) is 4.17. The SMILES string of the molecule is C[C@H](N)C(=O)N[C@@H](C)C(=O)N[C@@H](C)C(=O)N1CCC[C@H]1C(=O)N[C@@H](C)C(=O)N[C@@H](CCCCN)C(=O)N[C@@H](C)C(=O)O. The molecule has 1 rings (SSSR count). The van der Waals surface area contributed by atoms with Gasteiger partial charge in [0.2, 0.25) is 35.4 Å². The summed E-state index contributed by atoms with van der Waals surface area (Å²) in [6.07, 6.45) is 2.17. The van der Waals surface area contributed by atoms with Gasteiger partial charge in [-0.15, -0.1) is 0 Å². The van der Waals surface area contributed by atoms with Gasteiger partial charge in [0.15, 0.2) is 0 Å². The highest BCUT2D eigenvalue weighted by atomic mass is 16.4. The first kappa shape index (κ1) is 36.2. The Kier molecular flexibility index (Phi) is 14.9. The number of carbonyl (C=O) groups is 7. The van der Waals surface area contributed by atoms with Crippen LogP contribution in [0.3, 0.4) is 0 Å². The number of unbranched alkanes of at least 4 members (excludes halogenated alkanes) is 1. The van der Waals surface area contributed by atoms with Crippen LogP contribution in [0.15, 0.2) is 0 Å². The number of likely N-dealkylation sites (tertiary alicyclic amines) is 1. The van der Waals surface area contributed by atoms with E-state index in [1.165, 1.54) is 39.5 Å². The minimum Gasteiger partial charge on any atom is -0.480 e. The van der Waals surface area contributed by atoms with Gasteiger partial charge in [-0.25, -0.2) is 0 Å². The Balaban J connectivity index is 2.80. The third kappa shape index (κ3) is 11.2. The van der Waals surface area contributed by atoms with Gasteiger partial charge in [-0.2, -0.15) is 0 Å². The summed E-state index contributed by atoms with van der Waals surface area (Å²) in [5.41, 5.74) is 11.0. The molecule has 1 aliphatic heterocycles. The summed E-state index contributed by atoms with van der Waals surface area (Å²) in [4.78, 5) is 88.3. The molecule has 238 valence electrons. The molecule has 0 unspecified atom stereocenters. The summed E-state index contributed by atoms with van der Waals surface area (Å²) in [6, 6.07) is -6.93. The van der Waals surface area contributed by atoms with Gasteiger partial charge in [-0.1, -0.05) is 0 Å². The van der Waals surface area contributed by atoms with Crippen molar-refractivity contribution in [3.05, 3.63) is 0 Å². The lowest BCUT2D eigenvalue weighted by atomic mass is 10.1. The molecule has 0 aliphatic carbocycles. The van der Waals surface area contributed by atoms with Gasteiger partial charge in [-0.3, -0.25) is 33.6 Å². The van der Waals surface area contributed by atoms with Crippen molar-refractivity contribution in [2.45, 2.75) is 109 Å². The molecule has 7 atom stereocenters. The standard InChI is InChI=1S/C26H46N8O8/c1-13(28)20(35)29-14(2)21(36)31-16(4)25(40)34-12-8-10-19(34)24(39)30-15(3)22(37)33-18(9-6-7-11-27)23(38)32-17(5)26(41)42/h13-19H,6-12,27-28H2,1-5H3,(H,29,35)(H,30,39)(H,31,36)(H,32,38)(H,33,37)(H,41,42)/t13-,14-,15-,16-,17-,18-,19-/m0/s1. The Morgan fingerprint density at radius 2 is 1.31 bits per heavy atom. The maximum Gasteiger partial charge on any atom is 0.325 e. The highest BCUT2D eigenvalue weighted by Gasteiger charge is 2.38. The number of aliphatic carboxylic acids is 1. The zero-order chi connectivity index (χ0) is 32.1. The molecular formula is C26H46N8O8. The maximum absolute atomic E-state index is 13.1. The smallest absolute Gasteiger partial charge is 0.325 e. The van der Waals surface area contributed by atoms with E-state index in [0.717, 1.165) is 0 Å². The van der Waals surface area contributed by atoms with Crippen molar-refractivity contribution in [1.29, 1.82) is 0 Å². The summed E-state index contributed by atoms with van der Waals surface area (Å²) < 4.78 is 0. The number of rotatable bonds is 16. The Bertz CT molecular complexity index is 1010. The summed E-state index contributed by atoms with van der Waals surface area (Å²) in [6.45, 7) is 7.74. The Morgan fingerprint density at radius 3 is 1.88 bits per heavy atom. The molecule has 42 heavy (non-hydrogen) atoms. The molecule has 0 bridgehead atoms. The minimum atomic E-state index is -1.23. The fraction of sp³-hybridized carbons (Fsp3) is 0.731. The molecule has 0 saturated carbocycles. The van der Waals surface area contributed by atoms with Gasteiger partial charge in [0.1, 0.15) is 36.3 Å². The molecule has 1 aliphatic rings. The predicted molar refractivity (Wildman–Crippen MR) is 151 cm³/mol. The molecule has 0 aromatic carbocycles. The number of nitrogens with zero attached hydrogens (tertiary/aromatic N) is 1. The monoisotopic (exact) mass is 598 g/mol. The van der Waals surface area contributed by atoms with Crippen molar-refractivity contribution < 1.29 is 38.7 Å². The summed E-state index contributed by atoms with van der Waals surface area (Å²) in [5.74, 6) is -4.79. The van der Waals surface area contributed by atoms with Crippen LogP contribution in [-0.4, -0.2) is 107 Å². The minimum absolute atomic E-state index is 0.212. The highest BCUT2D eigenvalue weighted by molar-refractivity contribution is 5.96. The Labute approximate surface area is 245 Å². The van der Waals surface area contributed by atoms with Crippen molar-refractivity contribution in [2.75, 3.05) is 13.1 Å². The van der Waals surface area contributed by atoms with E-state index in [2.05, 4.69) is 26.6 Å². The van der Waals surface area contributed by atoms with Crippen LogP contribution in [0.2, 0.25) is 0 Å². The maximum atomic E-state index is 13.1. The van der Waals surface area contributed by atoms with E-state index in [1.807, 2.05) is 0 Å². The van der Waals surface area contributed by atoms with E-state index >= 15 is 0 Å². The molecule has 0 aromatic heterocycles. The third-order valence-electron chi connectivity index (χ3n) is 6.79. The van der Waals surface area contributed by atoms with Gasteiger partial charge >= 0.3 is 5.97 Å². The topological polar surface area (TPSA) is 255 Å². The largest absolute Gasteiger partial charge is 0.480 e. The van der Waals surface area contributed by atoms with E-state index in [-0.39, 0.29) is 13.0 Å². The molecule has 1 heterocycles. The average molecular weight is 599 g/mol. The van der Waals surface area contributed by atoms with Crippen molar-refractivity contribution in [2.24, 2.45) is 11.5 Å². The number of carbonyl (C=O) groups excluding carboxylic acids is 6. The predicted octanol–water partition coefficient (Wildman–Crippen LogP) is -2.96. The van der Waals surface area contributed by atoms with Gasteiger partial charge in [-0.05, 0) is 73.3 Å². The number of carboxylic acid groups (broad SMARTS) is 1. The number of hydrogen-bond acceptors (Lipinski definition) is 9. The normalized spacial score (nSPS) is 18.8. The van der Waals surface area contributed by atoms with Crippen LogP contribution >= 0.6 is 0 Å². The second-order valence-electron chi connectivity index (χ2n) is 10.6. The van der Waals surface area contributed by atoms with E-state index in [0.29, 0.717) is 32.2 Å². The van der Waals surface area contributed by atoms with Gasteiger partial charge in [0.05, 0.1) is 6.04 Å². The number of nitrogens with one attached hydrogen (secondary N) is 5. The van der Waals surface area contributed by atoms with Crippen LogP contribution in [0, 0.1) is 0 Å². The summed E-state index contributed by atoms with van der Waals surface area (Å²) >= 11 is 0. The lowest BCUT2D eigenvalue weighted by Gasteiger charge is -2.29. The number of nitrogens with two attached hydrogens (primary N) is 2. The number of hydrogen-bond donors (Lipinski definition) is 8. The fourth-order valence-electron chi connectivity index (χ4n) is 4.17.